The molecule has 1 unspecified atom stereocenters. The Morgan fingerprint density at radius 1 is 1.48 bits per heavy atom. The van der Waals surface area contributed by atoms with Gasteiger partial charge in [-0.15, -0.1) is 11.3 Å². The van der Waals surface area contributed by atoms with Crippen molar-refractivity contribution in [2.75, 3.05) is 7.11 Å². The minimum atomic E-state index is -0.281. The van der Waals surface area contributed by atoms with Crippen LogP contribution in [0, 0.1) is 0 Å². The van der Waals surface area contributed by atoms with E-state index in [2.05, 4.69) is 5.32 Å². The van der Waals surface area contributed by atoms with Crippen molar-refractivity contribution in [1.29, 1.82) is 0 Å². The number of thiophene rings is 1. The molecule has 0 aliphatic heterocycles. The number of phenols is 1. The third kappa shape index (κ3) is 4.46. The molecule has 0 spiro atoms. The van der Waals surface area contributed by atoms with E-state index in [0.717, 1.165) is 4.88 Å². The Balaban J connectivity index is 2.08. The number of aromatic hydroxyl groups is 1. The van der Waals surface area contributed by atoms with Crippen LogP contribution in [0.5, 0.6) is 5.75 Å². The summed E-state index contributed by atoms with van der Waals surface area (Å²) in [6.45, 7) is 0.409. The van der Waals surface area contributed by atoms with Gasteiger partial charge in [0.25, 0.3) is 0 Å². The zero-order valence-corrected chi connectivity index (χ0v) is 13.1. The van der Waals surface area contributed by atoms with Crippen molar-refractivity contribution in [3.63, 3.8) is 0 Å². The fourth-order valence-electron chi connectivity index (χ4n) is 1.94. The van der Waals surface area contributed by atoms with E-state index in [9.17, 15) is 9.90 Å². The Morgan fingerprint density at radius 2 is 2.29 bits per heavy atom. The van der Waals surface area contributed by atoms with Crippen LogP contribution >= 0.6 is 22.9 Å². The van der Waals surface area contributed by atoms with Crippen LogP contribution in [-0.2, 0) is 16.1 Å². The van der Waals surface area contributed by atoms with Crippen LogP contribution in [0.25, 0.3) is 0 Å². The summed E-state index contributed by atoms with van der Waals surface area (Å²) < 4.78 is 4.73. The van der Waals surface area contributed by atoms with Gasteiger partial charge in [0.2, 0.25) is 0 Å². The number of carbonyl (C=O) groups excluding carboxylic acids is 1. The molecule has 2 rings (SSSR count). The van der Waals surface area contributed by atoms with E-state index in [0.29, 0.717) is 17.1 Å². The van der Waals surface area contributed by atoms with Gasteiger partial charge in [0.1, 0.15) is 5.75 Å². The summed E-state index contributed by atoms with van der Waals surface area (Å²) in [5, 5.41) is 15.6. The lowest BCUT2D eigenvalue weighted by Crippen LogP contribution is -2.23. The maximum Gasteiger partial charge on any atom is 0.307 e. The molecule has 0 saturated carbocycles. The fraction of sp³-hybridized carbons (Fsp3) is 0.267. The summed E-state index contributed by atoms with van der Waals surface area (Å²) in [5.41, 5.74) is 0.689. The Labute approximate surface area is 132 Å². The van der Waals surface area contributed by atoms with E-state index in [4.69, 9.17) is 16.3 Å². The number of hydrogen-bond donors (Lipinski definition) is 2. The number of halogens is 1. The maximum absolute atomic E-state index is 11.5. The molecule has 1 atom stereocenters. The quantitative estimate of drug-likeness (QED) is 0.798. The second-order valence-corrected chi connectivity index (χ2v) is 5.92. The molecule has 2 N–H and O–H groups in total. The van der Waals surface area contributed by atoms with Gasteiger partial charge in [-0.05, 0) is 29.6 Å². The molecule has 0 aliphatic carbocycles. The molecule has 6 heteroatoms. The molecule has 1 aromatic heterocycles. The van der Waals surface area contributed by atoms with Crippen LogP contribution < -0.4 is 5.32 Å². The highest BCUT2D eigenvalue weighted by Gasteiger charge is 2.17. The number of esters is 1. The largest absolute Gasteiger partial charge is 0.508 e. The van der Waals surface area contributed by atoms with Gasteiger partial charge < -0.3 is 15.2 Å². The lowest BCUT2D eigenvalue weighted by molar-refractivity contribution is -0.141. The van der Waals surface area contributed by atoms with Crippen molar-refractivity contribution in [2.45, 2.75) is 19.0 Å². The topological polar surface area (TPSA) is 58.6 Å². The van der Waals surface area contributed by atoms with E-state index in [-0.39, 0.29) is 24.2 Å². The Hall–Kier alpha value is -1.56. The number of rotatable bonds is 6. The Bertz CT molecular complexity index is 601. The van der Waals surface area contributed by atoms with Gasteiger partial charge >= 0.3 is 5.97 Å². The van der Waals surface area contributed by atoms with Crippen LogP contribution in [0.4, 0.5) is 0 Å². The van der Waals surface area contributed by atoms with Crippen molar-refractivity contribution >= 4 is 28.9 Å². The van der Waals surface area contributed by atoms with Crippen LogP contribution in [0.2, 0.25) is 5.02 Å². The Kier molecular flexibility index (Phi) is 5.61. The zero-order chi connectivity index (χ0) is 15.2. The molecule has 112 valence electrons. The fourth-order valence-corrected chi connectivity index (χ4v) is 2.94. The molecule has 21 heavy (non-hydrogen) atoms. The first-order chi connectivity index (χ1) is 10.1. The molecule has 0 radical (unpaired) electrons. The number of methoxy groups -OCH3 is 1. The van der Waals surface area contributed by atoms with Gasteiger partial charge in [-0.3, -0.25) is 4.79 Å². The second kappa shape index (κ2) is 7.45. The minimum Gasteiger partial charge on any atom is -0.508 e. The smallest absolute Gasteiger partial charge is 0.307 e. The van der Waals surface area contributed by atoms with E-state index in [1.165, 1.54) is 7.11 Å². The van der Waals surface area contributed by atoms with E-state index in [1.807, 2.05) is 17.5 Å². The first kappa shape index (κ1) is 15.8. The molecule has 0 fully saturated rings. The standard InChI is InChI=1S/C15H16ClNO3S/c1-20-15(19)8-12(14-3-2-6-21-14)17-9-10-7-11(16)4-5-13(10)18/h2-7,12,17-18H,8-9H2,1H3. The molecule has 0 saturated heterocycles. The van der Waals surface area contributed by atoms with Gasteiger partial charge in [-0.25, -0.2) is 0 Å². The summed E-state index contributed by atoms with van der Waals surface area (Å²) in [4.78, 5) is 12.6. The van der Waals surface area contributed by atoms with Crippen molar-refractivity contribution in [2.24, 2.45) is 0 Å². The summed E-state index contributed by atoms with van der Waals surface area (Å²) in [6.07, 6.45) is 0.234. The van der Waals surface area contributed by atoms with Gasteiger partial charge in [0.15, 0.2) is 0 Å². The predicted molar refractivity (Wildman–Crippen MR) is 83.6 cm³/mol. The lowest BCUT2D eigenvalue weighted by Gasteiger charge is -2.17. The van der Waals surface area contributed by atoms with Crippen LogP contribution in [-0.4, -0.2) is 18.2 Å². The Morgan fingerprint density at radius 3 is 2.95 bits per heavy atom. The van der Waals surface area contributed by atoms with Crippen LogP contribution in [0.15, 0.2) is 35.7 Å². The van der Waals surface area contributed by atoms with Crippen molar-refractivity contribution in [1.82, 2.24) is 5.32 Å². The molecule has 4 nitrogen and oxygen atoms in total. The summed E-state index contributed by atoms with van der Waals surface area (Å²) in [5.74, 6) is -0.105. The highest BCUT2D eigenvalue weighted by Crippen LogP contribution is 2.25. The molecule has 0 aliphatic rings. The zero-order valence-electron chi connectivity index (χ0n) is 11.5. The number of phenolic OH excluding ortho intramolecular Hbond substituents is 1. The van der Waals surface area contributed by atoms with E-state index >= 15 is 0 Å². The minimum absolute atomic E-state index is 0.157. The number of benzene rings is 1. The van der Waals surface area contributed by atoms with Crippen molar-refractivity contribution < 1.29 is 14.6 Å². The molecule has 1 aromatic carbocycles. The molecule has 0 bridgehead atoms. The third-order valence-corrected chi connectivity index (χ3v) is 4.29. The summed E-state index contributed by atoms with van der Waals surface area (Å²) >= 11 is 7.49. The summed E-state index contributed by atoms with van der Waals surface area (Å²) in [7, 11) is 1.37. The van der Waals surface area contributed by atoms with Gasteiger partial charge in [-0.2, -0.15) is 0 Å². The second-order valence-electron chi connectivity index (χ2n) is 4.50. The first-order valence-corrected chi connectivity index (χ1v) is 7.67. The van der Waals surface area contributed by atoms with E-state index in [1.54, 1.807) is 29.5 Å². The van der Waals surface area contributed by atoms with Crippen LogP contribution in [0.1, 0.15) is 22.9 Å². The average Bonchev–Trinajstić information content (AvgIpc) is 3.00. The number of carbonyl (C=O) groups is 1. The molecular weight excluding hydrogens is 310 g/mol. The number of ether oxygens (including phenoxy) is 1. The normalized spacial score (nSPS) is 12.1. The first-order valence-electron chi connectivity index (χ1n) is 6.41. The third-order valence-electron chi connectivity index (χ3n) is 3.07. The lowest BCUT2D eigenvalue weighted by atomic mass is 10.1. The molecule has 2 aromatic rings. The number of hydrogen-bond acceptors (Lipinski definition) is 5. The van der Waals surface area contributed by atoms with Gasteiger partial charge in [-0.1, -0.05) is 17.7 Å². The SMILES string of the molecule is COC(=O)CC(NCc1cc(Cl)ccc1O)c1cccs1. The molecule has 0 amide bonds. The predicted octanol–water partition coefficient (Wildman–Crippen LogP) is 3.50. The number of nitrogens with one attached hydrogen (secondary N) is 1. The monoisotopic (exact) mass is 325 g/mol. The summed E-state index contributed by atoms with van der Waals surface area (Å²) in [6, 6.07) is 8.63. The molecular formula is C15H16ClNO3S. The molecule has 1 heterocycles. The average molecular weight is 326 g/mol. The van der Waals surface area contributed by atoms with Crippen molar-refractivity contribution in [3.8, 4) is 5.75 Å². The van der Waals surface area contributed by atoms with Crippen LogP contribution in [0.3, 0.4) is 0 Å². The highest BCUT2D eigenvalue weighted by atomic mass is 35.5. The highest BCUT2D eigenvalue weighted by molar-refractivity contribution is 7.10. The van der Waals surface area contributed by atoms with Crippen molar-refractivity contribution in [3.05, 3.63) is 51.2 Å². The maximum atomic E-state index is 11.5. The van der Waals surface area contributed by atoms with E-state index < -0.39 is 0 Å². The van der Waals surface area contributed by atoms with Gasteiger partial charge in [0, 0.05) is 22.0 Å². The van der Waals surface area contributed by atoms with Gasteiger partial charge in [0.05, 0.1) is 19.6 Å².